The first-order chi connectivity index (χ1) is 16.5. The van der Waals surface area contributed by atoms with Crippen LogP contribution in [0.15, 0.2) is 42.6 Å². The van der Waals surface area contributed by atoms with Crippen LogP contribution < -0.4 is 11.1 Å². The Morgan fingerprint density at radius 3 is 2.50 bits per heavy atom. The number of carbonyl (C=O) groups is 3. The lowest BCUT2D eigenvalue weighted by atomic mass is 10.0. The summed E-state index contributed by atoms with van der Waals surface area (Å²) in [6.45, 7) is 5.27. The molecule has 3 rings (SSSR count). The number of hydrogen-bond acceptors (Lipinski definition) is 5. The van der Waals surface area contributed by atoms with Gasteiger partial charge in [0.2, 0.25) is 5.78 Å². The third kappa shape index (κ3) is 7.35. The Balaban J connectivity index is 1.68. The van der Waals surface area contributed by atoms with Crippen molar-refractivity contribution in [2.75, 3.05) is 13.1 Å². The molecule has 0 saturated carbocycles. The van der Waals surface area contributed by atoms with Crippen LogP contribution in [0.4, 0.5) is 0 Å². The van der Waals surface area contributed by atoms with E-state index in [9.17, 15) is 14.4 Å². The van der Waals surface area contributed by atoms with Crippen LogP contribution in [0, 0.1) is 0 Å². The van der Waals surface area contributed by atoms with E-state index in [2.05, 4.69) is 39.5 Å². The molecule has 1 aromatic carbocycles. The number of carbonyl (C=O) groups excluding carboxylic acids is 3. The number of rotatable bonds is 11. The zero-order valence-corrected chi connectivity index (χ0v) is 19.8. The molecule has 2 amide bonds. The maximum atomic E-state index is 12.9. The minimum absolute atomic E-state index is 0.333. The predicted molar refractivity (Wildman–Crippen MR) is 134 cm³/mol. The number of benzene rings is 1. The Morgan fingerprint density at radius 2 is 1.82 bits per heavy atom. The fraction of sp³-hybridized carbons (Fsp3) is 0.407. The average Bonchev–Trinajstić information content (AvgIpc) is 2.86. The first-order valence-electron chi connectivity index (χ1n) is 12.1. The number of primary amides is 1. The van der Waals surface area contributed by atoms with E-state index in [-0.39, 0.29) is 0 Å². The summed E-state index contributed by atoms with van der Waals surface area (Å²) in [5, 5.41) is 2.67. The van der Waals surface area contributed by atoms with Gasteiger partial charge in [0.15, 0.2) is 0 Å². The van der Waals surface area contributed by atoms with Crippen molar-refractivity contribution in [3.63, 3.8) is 0 Å². The molecule has 2 heterocycles. The van der Waals surface area contributed by atoms with Crippen LogP contribution in [-0.4, -0.2) is 46.6 Å². The van der Waals surface area contributed by atoms with Crippen LogP contribution in [0.5, 0.6) is 0 Å². The third-order valence-electron chi connectivity index (χ3n) is 6.06. The molecule has 1 fully saturated rings. The molecule has 1 saturated heterocycles. The van der Waals surface area contributed by atoms with Gasteiger partial charge < -0.3 is 11.1 Å². The normalized spacial score (nSPS) is 15.2. The Bertz CT molecular complexity index is 1010. The van der Waals surface area contributed by atoms with Crippen LogP contribution in [0.1, 0.15) is 72.6 Å². The molecular formula is C27H34N4O3. The van der Waals surface area contributed by atoms with Gasteiger partial charge in [-0.2, -0.15) is 0 Å². The van der Waals surface area contributed by atoms with Gasteiger partial charge in [-0.05, 0) is 61.7 Å². The first kappa shape index (κ1) is 25.3. The molecule has 0 radical (unpaired) electrons. The van der Waals surface area contributed by atoms with Crippen molar-refractivity contribution in [1.29, 1.82) is 0 Å². The Morgan fingerprint density at radius 1 is 1.09 bits per heavy atom. The van der Waals surface area contributed by atoms with E-state index >= 15 is 0 Å². The quantitative estimate of drug-likeness (QED) is 0.497. The van der Waals surface area contributed by atoms with Crippen LogP contribution >= 0.6 is 0 Å². The highest BCUT2D eigenvalue weighted by atomic mass is 16.2. The number of Topliss-reactive ketones (excluding diaryl/α,β-unsaturated/α-hetero) is 1. The molecule has 3 N–H and O–H groups in total. The van der Waals surface area contributed by atoms with Crippen molar-refractivity contribution in [2.24, 2.45) is 5.73 Å². The molecule has 0 spiro atoms. The summed E-state index contributed by atoms with van der Waals surface area (Å²) in [4.78, 5) is 43.3. The van der Waals surface area contributed by atoms with Crippen molar-refractivity contribution >= 4 is 29.7 Å². The summed E-state index contributed by atoms with van der Waals surface area (Å²) in [5.41, 5.74) is 8.27. The molecule has 0 aliphatic carbocycles. The monoisotopic (exact) mass is 462 g/mol. The number of hydrogen-bond donors (Lipinski definition) is 2. The topological polar surface area (TPSA) is 105 Å². The van der Waals surface area contributed by atoms with Gasteiger partial charge in [-0.1, -0.05) is 56.5 Å². The van der Waals surface area contributed by atoms with E-state index in [4.69, 9.17) is 5.73 Å². The van der Waals surface area contributed by atoms with Gasteiger partial charge in [-0.15, -0.1) is 0 Å². The molecule has 1 aromatic heterocycles. The fourth-order valence-corrected chi connectivity index (χ4v) is 4.11. The highest BCUT2D eigenvalue weighted by Gasteiger charge is 2.25. The molecule has 1 aliphatic heterocycles. The van der Waals surface area contributed by atoms with Crippen molar-refractivity contribution in [3.05, 3.63) is 65.0 Å². The summed E-state index contributed by atoms with van der Waals surface area (Å²) < 4.78 is 0. The second-order valence-corrected chi connectivity index (χ2v) is 8.74. The maximum absolute atomic E-state index is 12.9. The smallest absolute Gasteiger partial charge is 0.287 e. The lowest BCUT2D eigenvalue weighted by Crippen LogP contribution is -2.46. The first-order valence-corrected chi connectivity index (χ1v) is 12.1. The highest BCUT2D eigenvalue weighted by molar-refractivity contribution is 6.38. The highest BCUT2D eigenvalue weighted by Crippen LogP contribution is 2.16. The van der Waals surface area contributed by atoms with Crippen LogP contribution in [0.3, 0.4) is 0 Å². The Hall–Kier alpha value is -3.32. The van der Waals surface area contributed by atoms with Crippen LogP contribution in [-0.2, 0) is 16.1 Å². The lowest BCUT2D eigenvalue weighted by molar-refractivity contribution is -0.137. The third-order valence-corrected chi connectivity index (χ3v) is 6.06. The van der Waals surface area contributed by atoms with E-state index in [1.807, 2.05) is 13.0 Å². The van der Waals surface area contributed by atoms with E-state index < -0.39 is 23.6 Å². The predicted octanol–water partition coefficient (Wildman–Crippen LogP) is 3.58. The fourth-order valence-electron chi connectivity index (χ4n) is 4.11. The summed E-state index contributed by atoms with van der Waals surface area (Å²) in [5.74, 6) is -2.29. The number of likely N-dealkylation sites (tertiary alicyclic amines) is 1. The van der Waals surface area contributed by atoms with Crippen molar-refractivity contribution in [1.82, 2.24) is 15.2 Å². The van der Waals surface area contributed by atoms with Gasteiger partial charge in [-0.25, -0.2) is 0 Å². The number of piperidine rings is 1. The van der Waals surface area contributed by atoms with Crippen LogP contribution in [0.2, 0.25) is 0 Å². The molecule has 7 nitrogen and oxygen atoms in total. The number of nitrogens with one attached hydrogen (secondary N) is 1. The summed E-state index contributed by atoms with van der Waals surface area (Å²) in [6.07, 6.45) is 11.1. The molecule has 0 bridgehead atoms. The van der Waals surface area contributed by atoms with Gasteiger partial charge >= 0.3 is 0 Å². The van der Waals surface area contributed by atoms with Crippen molar-refractivity contribution in [2.45, 2.75) is 58.0 Å². The molecule has 1 unspecified atom stereocenters. The van der Waals surface area contributed by atoms with Gasteiger partial charge in [0.1, 0.15) is 0 Å². The zero-order chi connectivity index (χ0) is 24.3. The van der Waals surface area contributed by atoms with Gasteiger partial charge in [0.25, 0.3) is 11.8 Å². The number of pyridine rings is 1. The average molecular weight is 463 g/mol. The lowest BCUT2D eigenvalue weighted by Gasteiger charge is -2.26. The zero-order valence-electron chi connectivity index (χ0n) is 19.8. The second-order valence-electron chi connectivity index (χ2n) is 8.74. The molecule has 1 atom stereocenters. The number of aromatic nitrogens is 1. The summed E-state index contributed by atoms with van der Waals surface area (Å²) >= 11 is 0. The molecule has 7 heteroatoms. The van der Waals surface area contributed by atoms with Gasteiger partial charge in [0, 0.05) is 12.7 Å². The SMILES string of the molecule is CCCCC(NC(=O)c1cccnc1C=Cc1ccc(CN2CCCCC2)cc1)C(=O)C(N)=O. The standard InChI is InChI=1S/C27H34N4O3/c1-2-3-9-24(25(32)26(28)33)30-27(34)22-8-7-16-29-23(22)15-14-20-10-12-21(13-11-20)19-31-17-5-4-6-18-31/h7-8,10-16,24H,2-6,9,17-19H2,1H3,(H2,28,33)(H,30,34). The molecule has 180 valence electrons. The van der Waals surface area contributed by atoms with Crippen molar-refractivity contribution < 1.29 is 14.4 Å². The number of nitrogens with zero attached hydrogens (tertiary/aromatic N) is 2. The van der Waals surface area contributed by atoms with Gasteiger partial charge in [-0.3, -0.25) is 24.3 Å². The van der Waals surface area contributed by atoms with Crippen molar-refractivity contribution in [3.8, 4) is 0 Å². The van der Waals surface area contributed by atoms with E-state index in [1.165, 1.54) is 24.8 Å². The Labute approximate surface area is 201 Å². The van der Waals surface area contributed by atoms with E-state index in [0.29, 0.717) is 24.1 Å². The number of ketones is 1. The summed E-state index contributed by atoms with van der Waals surface area (Å²) in [6, 6.07) is 10.8. The van der Waals surface area contributed by atoms with Crippen LogP contribution in [0.25, 0.3) is 12.2 Å². The Kier molecular flexibility index (Phi) is 9.52. The number of unbranched alkanes of at least 4 members (excludes halogenated alkanes) is 1. The van der Waals surface area contributed by atoms with E-state index in [0.717, 1.165) is 31.6 Å². The second kappa shape index (κ2) is 12.8. The number of nitrogens with two attached hydrogens (primary N) is 1. The molecular weight excluding hydrogens is 428 g/mol. The number of amides is 2. The summed E-state index contributed by atoms with van der Waals surface area (Å²) in [7, 11) is 0. The largest absolute Gasteiger partial charge is 0.363 e. The maximum Gasteiger partial charge on any atom is 0.287 e. The molecule has 34 heavy (non-hydrogen) atoms. The minimum atomic E-state index is -1.04. The molecule has 2 aromatic rings. The van der Waals surface area contributed by atoms with Gasteiger partial charge in [0.05, 0.1) is 17.3 Å². The molecule has 1 aliphatic rings. The van der Waals surface area contributed by atoms with E-state index in [1.54, 1.807) is 24.4 Å². The minimum Gasteiger partial charge on any atom is -0.363 e.